The summed E-state index contributed by atoms with van der Waals surface area (Å²) in [7, 11) is 4.58. The van der Waals surface area contributed by atoms with E-state index >= 15 is 0 Å². The van der Waals surface area contributed by atoms with E-state index in [2.05, 4.69) is 10.6 Å². The lowest BCUT2D eigenvalue weighted by molar-refractivity contribution is -0.918. The molecule has 3 aliphatic rings. The van der Waals surface area contributed by atoms with Crippen LogP contribution in [0.25, 0.3) is 0 Å². The van der Waals surface area contributed by atoms with Gasteiger partial charge in [0.15, 0.2) is 0 Å². The fourth-order valence-electron chi connectivity index (χ4n) is 7.31. The number of aliphatic hydroxyl groups excluding tert-OH is 1. The van der Waals surface area contributed by atoms with Crippen LogP contribution in [-0.2, 0) is 16.1 Å². The number of methoxy groups -OCH3 is 3. The molecule has 1 fully saturated rings. The number of thiocarbonyl (C=S) groups is 2. The third-order valence-corrected chi connectivity index (χ3v) is 10.4. The normalized spacial score (nSPS) is 20.7. The molecule has 0 bridgehead atoms. The molecule has 50 heavy (non-hydrogen) atoms. The fourth-order valence-corrected chi connectivity index (χ4v) is 7.97. The van der Waals surface area contributed by atoms with E-state index in [1.165, 1.54) is 25.5 Å². The molecule has 3 aromatic rings. The number of hydrogen-bond acceptors (Lipinski definition) is 9. The minimum atomic E-state index is -1.32. The molecule has 0 aliphatic carbocycles. The molecule has 3 aromatic carbocycles. The molecule has 0 aromatic heterocycles. The van der Waals surface area contributed by atoms with Gasteiger partial charge in [-0.05, 0) is 49.1 Å². The zero-order valence-electron chi connectivity index (χ0n) is 28.0. The number of carbonyl (C=O) groups is 2. The lowest BCUT2D eigenvalue weighted by Crippen LogP contribution is -3.11. The number of carbonyl (C=O) groups excluding carboxylic acids is 2. The maximum absolute atomic E-state index is 14.8. The summed E-state index contributed by atoms with van der Waals surface area (Å²) >= 11 is 11.2. The number of quaternary nitrogens is 1. The van der Waals surface area contributed by atoms with Crippen LogP contribution in [0.5, 0.6) is 17.2 Å². The smallest absolute Gasteiger partial charge is 0.256 e. The molecular formula is C38H39N3O7S2. The molecule has 3 unspecified atom stereocenters. The van der Waals surface area contributed by atoms with E-state index in [4.69, 9.17) is 38.6 Å². The molecule has 0 saturated carbocycles. The van der Waals surface area contributed by atoms with Crippen LogP contribution in [0.1, 0.15) is 59.3 Å². The molecule has 0 radical (unpaired) electrons. The van der Waals surface area contributed by atoms with Crippen molar-refractivity contribution in [2.75, 3.05) is 34.4 Å². The second-order valence-electron chi connectivity index (χ2n) is 12.6. The SMILES string of the molecule is COc1ccc(C(C2=C([O-])C(c3ccccc3OC)C(=S)NC2=O)C2=C(O)C(c3ccccc3OC)C(=S)NC2=O)cc1C[NH+]1CCCCC1. The number of aliphatic hydroxyl groups is 1. The van der Waals surface area contributed by atoms with Crippen molar-refractivity contribution in [2.45, 2.75) is 43.6 Å². The third-order valence-electron chi connectivity index (χ3n) is 9.68. The highest BCUT2D eigenvalue weighted by Crippen LogP contribution is 2.46. The minimum absolute atomic E-state index is 0.00971. The number of nitrogens with one attached hydrogen (secondary N) is 3. The Morgan fingerprint density at radius 1 is 0.780 bits per heavy atom. The number of hydrogen-bond donors (Lipinski definition) is 4. The maximum Gasteiger partial charge on any atom is 0.256 e. The number of piperidine rings is 1. The van der Waals surface area contributed by atoms with Gasteiger partial charge in [-0.2, -0.15) is 0 Å². The topological polar surface area (TPSA) is 134 Å². The van der Waals surface area contributed by atoms with Crippen molar-refractivity contribution in [2.24, 2.45) is 0 Å². The van der Waals surface area contributed by atoms with Crippen LogP contribution < -0.4 is 34.9 Å². The Bertz CT molecular complexity index is 1820. The number of ether oxygens (including phenoxy) is 3. The third kappa shape index (κ3) is 6.58. The predicted molar refractivity (Wildman–Crippen MR) is 194 cm³/mol. The lowest BCUT2D eigenvalue weighted by Gasteiger charge is -2.39. The first kappa shape index (κ1) is 35.1. The van der Waals surface area contributed by atoms with Crippen molar-refractivity contribution < 1.29 is 38.9 Å². The van der Waals surface area contributed by atoms with Crippen LogP contribution >= 0.6 is 24.4 Å². The Balaban J connectivity index is 1.61. The Labute approximate surface area is 301 Å². The highest BCUT2D eigenvalue weighted by Gasteiger charge is 2.44. The van der Waals surface area contributed by atoms with Crippen molar-refractivity contribution >= 4 is 46.2 Å². The first-order valence-corrected chi connectivity index (χ1v) is 17.3. The van der Waals surface area contributed by atoms with Gasteiger partial charge < -0.3 is 40.0 Å². The van der Waals surface area contributed by atoms with Crippen LogP contribution in [0.2, 0.25) is 0 Å². The molecule has 3 aliphatic heterocycles. The second kappa shape index (κ2) is 15.0. The van der Waals surface area contributed by atoms with Crippen LogP contribution in [0.3, 0.4) is 0 Å². The molecule has 3 atom stereocenters. The molecule has 10 nitrogen and oxygen atoms in total. The molecule has 260 valence electrons. The van der Waals surface area contributed by atoms with Gasteiger partial charge in [-0.15, -0.1) is 5.76 Å². The van der Waals surface area contributed by atoms with Gasteiger partial charge in [-0.25, -0.2) is 0 Å². The molecule has 2 amide bonds. The van der Waals surface area contributed by atoms with E-state index in [1.807, 2.05) is 6.07 Å². The van der Waals surface area contributed by atoms with Gasteiger partial charge in [0.1, 0.15) is 29.6 Å². The van der Waals surface area contributed by atoms with Crippen molar-refractivity contribution in [3.63, 3.8) is 0 Å². The second-order valence-corrected chi connectivity index (χ2v) is 13.4. The zero-order valence-corrected chi connectivity index (χ0v) is 29.7. The highest BCUT2D eigenvalue weighted by molar-refractivity contribution is 7.80. The Kier molecular flexibility index (Phi) is 10.5. The maximum atomic E-state index is 14.8. The summed E-state index contributed by atoms with van der Waals surface area (Å²) in [4.78, 5) is 29.6. The van der Waals surface area contributed by atoms with Gasteiger partial charge in [0.2, 0.25) is 0 Å². The van der Waals surface area contributed by atoms with E-state index in [1.54, 1.807) is 67.8 Å². The standard InChI is InChI=1S/C38H39N3O7S2/c1-46-25-16-15-21(19-22(25)20-41-17-9-4-10-18-41)28(31-33(42)29(37(49)39-35(31)44)23-11-5-7-13-26(23)47-2)32-34(43)30(38(50)40-36(32)45)24-12-6-8-14-27(24)48-3/h5-8,11-16,19,28-30,42-43H,4,9-10,17-18,20H2,1-3H3,(H,39,44,49)(H,40,45,50). The molecule has 1 saturated heterocycles. The largest absolute Gasteiger partial charge is 0.874 e. The van der Waals surface area contributed by atoms with Crippen molar-refractivity contribution in [1.29, 1.82) is 0 Å². The Morgan fingerprint density at radius 3 is 1.92 bits per heavy atom. The Morgan fingerprint density at radius 2 is 1.32 bits per heavy atom. The predicted octanol–water partition coefficient (Wildman–Crippen LogP) is 3.27. The molecular weight excluding hydrogens is 675 g/mol. The summed E-state index contributed by atoms with van der Waals surface area (Å²) in [6.45, 7) is 2.64. The van der Waals surface area contributed by atoms with E-state index in [0.29, 0.717) is 40.5 Å². The van der Waals surface area contributed by atoms with Crippen LogP contribution in [0.4, 0.5) is 0 Å². The first-order chi connectivity index (χ1) is 24.2. The van der Waals surface area contributed by atoms with Gasteiger partial charge >= 0.3 is 0 Å². The van der Waals surface area contributed by atoms with Gasteiger partial charge in [0.05, 0.1) is 55.9 Å². The number of likely N-dealkylation sites (tertiary alicyclic amines) is 1. The van der Waals surface area contributed by atoms with Crippen LogP contribution in [0, 0.1) is 0 Å². The minimum Gasteiger partial charge on any atom is -0.874 e. The van der Waals surface area contributed by atoms with Gasteiger partial charge in [0.25, 0.3) is 11.8 Å². The monoisotopic (exact) mass is 713 g/mol. The molecule has 12 heteroatoms. The van der Waals surface area contributed by atoms with Gasteiger partial charge in [-0.3, -0.25) is 9.59 Å². The van der Waals surface area contributed by atoms with Crippen LogP contribution in [-0.4, -0.2) is 61.3 Å². The lowest BCUT2D eigenvalue weighted by atomic mass is 9.75. The molecule has 0 spiro atoms. The quantitative estimate of drug-likeness (QED) is 0.234. The van der Waals surface area contributed by atoms with Gasteiger partial charge in [-0.1, -0.05) is 66.9 Å². The number of amides is 2. The summed E-state index contributed by atoms with van der Waals surface area (Å²) in [6, 6.07) is 19.3. The summed E-state index contributed by atoms with van der Waals surface area (Å²) in [5.74, 6) is -4.39. The van der Waals surface area contributed by atoms with E-state index in [9.17, 15) is 19.8 Å². The molecule has 3 heterocycles. The highest BCUT2D eigenvalue weighted by atomic mass is 32.1. The van der Waals surface area contributed by atoms with Crippen molar-refractivity contribution in [3.8, 4) is 17.2 Å². The number of para-hydroxylation sites is 2. The van der Waals surface area contributed by atoms with E-state index in [-0.39, 0.29) is 26.9 Å². The number of rotatable bonds is 10. The number of benzene rings is 3. The summed E-state index contributed by atoms with van der Waals surface area (Å²) < 4.78 is 16.9. The summed E-state index contributed by atoms with van der Waals surface area (Å²) in [5, 5.41) is 32.4. The molecule has 4 N–H and O–H groups in total. The average Bonchev–Trinajstić information content (AvgIpc) is 3.11. The first-order valence-electron chi connectivity index (χ1n) is 16.5. The van der Waals surface area contributed by atoms with Crippen LogP contribution in [0.15, 0.2) is 89.4 Å². The van der Waals surface area contributed by atoms with E-state index < -0.39 is 35.3 Å². The molecule has 6 rings (SSSR count). The Hall–Kier alpha value is -4.78. The summed E-state index contributed by atoms with van der Waals surface area (Å²) in [5.41, 5.74) is 1.84. The van der Waals surface area contributed by atoms with Gasteiger partial charge in [0, 0.05) is 34.1 Å². The fraction of sp³-hybridized carbons (Fsp3) is 0.316. The van der Waals surface area contributed by atoms with E-state index in [0.717, 1.165) is 31.5 Å². The summed E-state index contributed by atoms with van der Waals surface area (Å²) in [6.07, 6.45) is 3.41. The zero-order chi connectivity index (χ0) is 35.5. The average molecular weight is 714 g/mol. The van der Waals surface area contributed by atoms with Crippen molar-refractivity contribution in [3.05, 3.63) is 112 Å². The van der Waals surface area contributed by atoms with Crippen molar-refractivity contribution in [1.82, 2.24) is 10.6 Å².